The lowest BCUT2D eigenvalue weighted by molar-refractivity contribution is 0.214. The van der Waals surface area contributed by atoms with Gasteiger partial charge in [-0.05, 0) is 12.1 Å². The van der Waals surface area contributed by atoms with E-state index in [1.165, 1.54) is 13.4 Å². The number of hydrogen-bond acceptors (Lipinski definition) is 4. The third-order valence-electron chi connectivity index (χ3n) is 2.40. The highest BCUT2D eigenvalue weighted by Crippen LogP contribution is 2.34. The predicted octanol–water partition coefficient (Wildman–Crippen LogP) is 2.22. The summed E-state index contributed by atoms with van der Waals surface area (Å²) in [6.45, 7) is 0. The Morgan fingerprint density at radius 3 is 2.65 bits per heavy atom. The van der Waals surface area contributed by atoms with Crippen LogP contribution in [0.1, 0.15) is 17.2 Å². The van der Waals surface area contributed by atoms with Gasteiger partial charge in [0.05, 0.1) is 12.1 Å². The van der Waals surface area contributed by atoms with E-state index in [0.717, 1.165) is 0 Å². The molecular formula is C12H11ClN2O2. The van der Waals surface area contributed by atoms with Crippen LogP contribution in [-0.2, 0) is 0 Å². The molecule has 1 unspecified atom stereocenters. The summed E-state index contributed by atoms with van der Waals surface area (Å²) in [4.78, 5) is 7.72. The van der Waals surface area contributed by atoms with Gasteiger partial charge in [-0.1, -0.05) is 17.7 Å². The summed E-state index contributed by atoms with van der Waals surface area (Å²) in [5.74, 6) is 0.536. The van der Waals surface area contributed by atoms with Gasteiger partial charge in [0.1, 0.15) is 18.2 Å². The van der Waals surface area contributed by atoms with E-state index in [0.29, 0.717) is 21.9 Å². The number of hydrogen-bond donors (Lipinski definition) is 1. The SMILES string of the molecule is COc1cccc(Cl)c1C(O)c1cncnc1. The van der Waals surface area contributed by atoms with Crippen molar-refractivity contribution in [3.8, 4) is 5.75 Å². The van der Waals surface area contributed by atoms with Crippen molar-refractivity contribution in [3.05, 3.63) is 53.1 Å². The molecule has 0 amide bonds. The first kappa shape index (κ1) is 11.8. The Balaban J connectivity index is 2.47. The molecule has 1 atom stereocenters. The second-order valence-electron chi connectivity index (χ2n) is 3.43. The molecule has 1 heterocycles. The van der Waals surface area contributed by atoms with Gasteiger partial charge in [-0.3, -0.25) is 0 Å². The van der Waals surface area contributed by atoms with E-state index < -0.39 is 6.10 Å². The molecule has 0 saturated heterocycles. The highest BCUT2D eigenvalue weighted by Gasteiger charge is 2.19. The molecule has 88 valence electrons. The van der Waals surface area contributed by atoms with Crippen LogP contribution in [0.15, 0.2) is 36.9 Å². The van der Waals surface area contributed by atoms with E-state index in [2.05, 4.69) is 9.97 Å². The minimum atomic E-state index is -0.903. The van der Waals surface area contributed by atoms with Crippen LogP contribution in [0, 0.1) is 0 Å². The van der Waals surface area contributed by atoms with E-state index >= 15 is 0 Å². The number of rotatable bonds is 3. The zero-order valence-electron chi connectivity index (χ0n) is 9.17. The van der Waals surface area contributed by atoms with Gasteiger partial charge in [-0.2, -0.15) is 0 Å². The van der Waals surface area contributed by atoms with E-state index in [-0.39, 0.29) is 0 Å². The average molecular weight is 251 g/mol. The van der Waals surface area contributed by atoms with E-state index in [1.807, 2.05) is 0 Å². The molecule has 0 aliphatic rings. The lowest BCUT2D eigenvalue weighted by Gasteiger charge is -2.15. The Morgan fingerprint density at radius 2 is 2.00 bits per heavy atom. The topological polar surface area (TPSA) is 55.2 Å². The molecule has 5 heteroatoms. The zero-order chi connectivity index (χ0) is 12.3. The Bertz CT molecular complexity index is 505. The van der Waals surface area contributed by atoms with Crippen LogP contribution in [0.5, 0.6) is 5.75 Å². The molecule has 0 aliphatic heterocycles. The maximum atomic E-state index is 10.2. The van der Waals surface area contributed by atoms with E-state index in [1.54, 1.807) is 30.6 Å². The number of methoxy groups -OCH3 is 1. The number of aliphatic hydroxyl groups is 1. The fraction of sp³-hybridized carbons (Fsp3) is 0.167. The summed E-state index contributed by atoms with van der Waals surface area (Å²) in [6, 6.07) is 5.21. The van der Waals surface area contributed by atoms with Crippen molar-refractivity contribution in [3.63, 3.8) is 0 Å². The summed E-state index contributed by atoms with van der Waals surface area (Å²) < 4.78 is 5.18. The molecule has 0 bridgehead atoms. The Kier molecular flexibility index (Phi) is 3.56. The van der Waals surface area contributed by atoms with Crippen LogP contribution < -0.4 is 4.74 Å². The molecule has 1 N–H and O–H groups in total. The van der Waals surface area contributed by atoms with Crippen molar-refractivity contribution < 1.29 is 9.84 Å². The van der Waals surface area contributed by atoms with Gasteiger partial charge >= 0.3 is 0 Å². The molecule has 4 nitrogen and oxygen atoms in total. The quantitative estimate of drug-likeness (QED) is 0.908. The second-order valence-corrected chi connectivity index (χ2v) is 3.84. The molecule has 2 rings (SSSR count). The van der Waals surface area contributed by atoms with Gasteiger partial charge in [0.25, 0.3) is 0 Å². The number of benzene rings is 1. The highest BCUT2D eigenvalue weighted by molar-refractivity contribution is 6.31. The largest absolute Gasteiger partial charge is 0.496 e. The maximum Gasteiger partial charge on any atom is 0.126 e. The molecule has 1 aromatic heterocycles. The highest BCUT2D eigenvalue weighted by atomic mass is 35.5. The third kappa shape index (κ3) is 2.38. The number of nitrogens with zero attached hydrogens (tertiary/aromatic N) is 2. The van der Waals surface area contributed by atoms with Crippen LogP contribution >= 0.6 is 11.6 Å². The van der Waals surface area contributed by atoms with E-state index in [9.17, 15) is 5.11 Å². The Labute approximate surface area is 104 Å². The standard InChI is InChI=1S/C12H11ClN2O2/c1-17-10-4-2-3-9(13)11(10)12(16)8-5-14-7-15-6-8/h2-7,12,16H,1H3. The van der Waals surface area contributed by atoms with Gasteiger partial charge in [0.15, 0.2) is 0 Å². The average Bonchev–Trinajstić information content (AvgIpc) is 2.38. The van der Waals surface area contributed by atoms with Crippen LogP contribution in [0.4, 0.5) is 0 Å². The number of ether oxygens (including phenoxy) is 1. The number of aliphatic hydroxyl groups excluding tert-OH is 1. The first-order chi connectivity index (χ1) is 8.24. The Hall–Kier alpha value is -1.65. The van der Waals surface area contributed by atoms with Crippen LogP contribution in [0.25, 0.3) is 0 Å². The lowest BCUT2D eigenvalue weighted by atomic mass is 10.0. The summed E-state index contributed by atoms with van der Waals surface area (Å²) in [5, 5.41) is 10.7. The minimum absolute atomic E-state index is 0.445. The van der Waals surface area contributed by atoms with Crippen LogP contribution in [0.2, 0.25) is 5.02 Å². The normalized spacial score (nSPS) is 12.2. The van der Waals surface area contributed by atoms with Crippen LogP contribution in [-0.4, -0.2) is 22.2 Å². The maximum absolute atomic E-state index is 10.2. The lowest BCUT2D eigenvalue weighted by Crippen LogP contribution is -2.04. The third-order valence-corrected chi connectivity index (χ3v) is 2.73. The number of aromatic nitrogens is 2. The number of halogens is 1. The second kappa shape index (κ2) is 5.12. The summed E-state index contributed by atoms with van der Waals surface area (Å²) in [6.07, 6.45) is 3.58. The van der Waals surface area contributed by atoms with Crippen LogP contribution in [0.3, 0.4) is 0 Å². The van der Waals surface area contributed by atoms with E-state index in [4.69, 9.17) is 16.3 Å². The molecule has 0 aliphatic carbocycles. The minimum Gasteiger partial charge on any atom is -0.496 e. The van der Waals surface area contributed by atoms with Crippen molar-refractivity contribution in [2.45, 2.75) is 6.10 Å². The monoisotopic (exact) mass is 250 g/mol. The van der Waals surface area contributed by atoms with Gasteiger partial charge in [-0.25, -0.2) is 9.97 Å². The smallest absolute Gasteiger partial charge is 0.126 e. The molecular weight excluding hydrogens is 240 g/mol. The van der Waals surface area contributed by atoms with Gasteiger partial charge in [-0.15, -0.1) is 0 Å². The summed E-state index contributed by atoms with van der Waals surface area (Å²) >= 11 is 6.07. The Morgan fingerprint density at radius 1 is 1.29 bits per heavy atom. The molecule has 1 aromatic carbocycles. The van der Waals surface area contributed by atoms with Gasteiger partial charge in [0.2, 0.25) is 0 Å². The molecule has 0 spiro atoms. The summed E-state index contributed by atoms with van der Waals surface area (Å²) in [7, 11) is 1.53. The molecule has 0 saturated carbocycles. The van der Waals surface area contributed by atoms with Gasteiger partial charge in [0, 0.05) is 23.5 Å². The van der Waals surface area contributed by atoms with Crippen molar-refractivity contribution >= 4 is 11.6 Å². The fourth-order valence-corrected chi connectivity index (χ4v) is 1.85. The first-order valence-electron chi connectivity index (χ1n) is 4.99. The first-order valence-corrected chi connectivity index (χ1v) is 5.37. The molecule has 0 radical (unpaired) electrons. The predicted molar refractivity (Wildman–Crippen MR) is 64.1 cm³/mol. The van der Waals surface area contributed by atoms with Gasteiger partial charge < -0.3 is 9.84 Å². The van der Waals surface area contributed by atoms with Crippen molar-refractivity contribution in [1.29, 1.82) is 0 Å². The summed E-state index contributed by atoms with van der Waals surface area (Å²) in [5.41, 5.74) is 1.09. The van der Waals surface area contributed by atoms with Crippen molar-refractivity contribution in [2.24, 2.45) is 0 Å². The van der Waals surface area contributed by atoms with Crippen molar-refractivity contribution in [2.75, 3.05) is 7.11 Å². The molecule has 0 fully saturated rings. The zero-order valence-corrected chi connectivity index (χ0v) is 9.93. The molecule has 2 aromatic rings. The fourth-order valence-electron chi connectivity index (χ4n) is 1.58. The van der Waals surface area contributed by atoms with Crippen molar-refractivity contribution in [1.82, 2.24) is 9.97 Å². The molecule has 17 heavy (non-hydrogen) atoms.